The van der Waals surface area contributed by atoms with Crippen LogP contribution in [-0.2, 0) is 6.42 Å². The van der Waals surface area contributed by atoms with Crippen LogP contribution in [0.15, 0.2) is 217 Å². The number of nitrogens with two attached hydrogens (primary N) is 4. The number of phenols is 2. The van der Waals surface area contributed by atoms with E-state index in [0.29, 0.717) is 44.1 Å². The quantitative estimate of drug-likeness (QED) is 0.0641. The van der Waals surface area contributed by atoms with Gasteiger partial charge in [-0.05, 0) is 151 Å². The van der Waals surface area contributed by atoms with Gasteiger partial charge in [0.2, 0.25) is 0 Å². The fourth-order valence-corrected chi connectivity index (χ4v) is 8.56. The highest BCUT2D eigenvalue weighted by Crippen LogP contribution is 2.39. The monoisotopic (exact) mass is 1030 g/mol. The van der Waals surface area contributed by atoms with Gasteiger partial charge >= 0.3 is 11.9 Å². The highest BCUT2D eigenvalue weighted by atomic mass is 35.5. The number of aromatic carboxylic acids is 2. The first kappa shape index (κ1) is 56.9. The second kappa shape index (κ2) is 25.1. The van der Waals surface area contributed by atoms with E-state index in [0.717, 1.165) is 67.3 Å². The van der Waals surface area contributed by atoms with Crippen molar-refractivity contribution >= 4 is 91.2 Å². The Bertz CT molecular complexity index is 3300. The summed E-state index contributed by atoms with van der Waals surface area (Å²) in [7, 11) is 0. The molecule has 0 fully saturated rings. The second-order valence-corrected chi connectivity index (χ2v) is 17.1. The van der Waals surface area contributed by atoms with E-state index in [1.165, 1.54) is 12.1 Å². The average Bonchev–Trinajstić information content (AvgIpc) is 3.39. The Kier molecular flexibility index (Phi) is 18.8. The van der Waals surface area contributed by atoms with Crippen LogP contribution in [0.2, 0.25) is 0 Å². The number of anilines is 4. The number of nitrogen functional groups attached to an aromatic ring is 4. The zero-order valence-electron chi connectivity index (χ0n) is 40.7. The molecule has 0 aromatic heterocycles. The summed E-state index contributed by atoms with van der Waals surface area (Å²) in [6.07, 6.45) is 15.0. The Morgan fingerprint density at radius 2 is 0.671 bits per heavy atom. The van der Waals surface area contributed by atoms with Gasteiger partial charge in [0.1, 0.15) is 22.6 Å². The number of hydrogen-bond donors (Lipinski definition) is 10. The summed E-state index contributed by atoms with van der Waals surface area (Å²) in [5.74, 6) is -3.36. The number of nitrogens with one attached hydrogen (secondary N) is 2. The topological polar surface area (TPSA) is 330 Å². The molecule has 2 aliphatic carbocycles. The molecule has 0 unspecified atom stereocenters. The van der Waals surface area contributed by atoms with Gasteiger partial charge in [-0.2, -0.15) is 0 Å². The van der Waals surface area contributed by atoms with E-state index < -0.39 is 23.4 Å². The van der Waals surface area contributed by atoms with Crippen molar-refractivity contribution in [2.45, 2.75) is 6.42 Å². The lowest BCUT2D eigenvalue weighted by Crippen LogP contribution is -2.04. The molecule has 0 radical (unpaired) electrons. The lowest BCUT2D eigenvalue weighted by atomic mass is 9.90. The normalized spacial score (nSPS) is 12.0. The first-order chi connectivity index (χ1) is 35.1. The molecule has 0 saturated heterocycles. The lowest BCUT2D eigenvalue weighted by Gasteiger charge is -2.16. The van der Waals surface area contributed by atoms with Crippen LogP contribution in [0, 0.1) is 10.8 Å². The third-order valence-electron chi connectivity index (χ3n) is 12.2. The summed E-state index contributed by atoms with van der Waals surface area (Å²) < 4.78 is 0. The molecule has 0 amide bonds. The molecule has 384 valence electrons. The van der Waals surface area contributed by atoms with Gasteiger partial charge in [-0.25, -0.2) is 9.59 Å². The maximum absolute atomic E-state index is 11.6. The standard InChI is InChI=1S/C23H16O6.2C19H17N3.ClH.2H2O/c24-20-16(14-7-3-1-5-12(14)9-18(20)22(26)27)11-17-15-8-4-2-6-13(15)10-19(21(17)25)23(28)29;2*20-16-7-1-13(2-8-16)19(14-3-9-17(21)10-4-14)15-5-11-18(22)12-6-15;;;/h1-10,24-25H,11H2,(H,26,27)(H,28,29);2*1-12,20H,21-22H2;1H;2*1H2. The smallest absolute Gasteiger partial charge is 0.339 e. The van der Waals surface area contributed by atoms with Crippen molar-refractivity contribution in [2.24, 2.45) is 0 Å². The summed E-state index contributed by atoms with van der Waals surface area (Å²) >= 11 is 0. The van der Waals surface area contributed by atoms with E-state index in [2.05, 4.69) is 0 Å². The minimum absolute atomic E-state index is 0. The number of aromatic hydroxyl groups is 2. The molecular formula is C61H55ClN6O8. The first-order valence-corrected chi connectivity index (χ1v) is 22.9. The van der Waals surface area contributed by atoms with E-state index in [4.69, 9.17) is 33.8 Å². The van der Waals surface area contributed by atoms with Gasteiger partial charge in [0, 0.05) is 40.3 Å². The van der Waals surface area contributed by atoms with Crippen molar-refractivity contribution in [2.75, 3.05) is 22.9 Å². The molecule has 0 aliphatic heterocycles. The van der Waals surface area contributed by atoms with Gasteiger partial charge in [-0.1, -0.05) is 121 Å². The summed E-state index contributed by atoms with van der Waals surface area (Å²) in [6.45, 7) is 0. The third-order valence-corrected chi connectivity index (χ3v) is 12.2. The van der Waals surface area contributed by atoms with Crippen LogP contribution in [0.5, 0.6) is 11.5 Å². The molecule has 15 heteroatoms. The van der Waals surface area contributed by atoms with Crippen molar-refractivity contribution in [3.63, 3.8) is 0 Å². The molecule has 14 nitrogen and oxygen atoms in total. The number of carbonyl (C=O) groups is 2. The Labute approximate surface area is 443 Å². The minimum atomic E-state index is -1.28. The minimum Gasteiger partial charge on any atom is -0.507 e. The van der Waals surface area contributed by atoms with Gasteiger partial charge in [0.05, 0.1) is 11.4 Å². The van der Waals surface area contributed by atoms with E-state index in [1.54, 1.807) is 72.8 Å². The Morgan fingerprint density at radius 3 is 0.934 bits per heavy atom. The molecule has 8 aromatic carbocycles. The average molecular weight is 1040 g/mol. The maximum atomic E-state index is 11.6. The van der Waals surface area contributed by atoms with Crippen LogP contribution in [0.1, 0.15) is 54.1 Å². The molecule has 8 aromatic rings. The van der Waals surface area contributed by atoms with E-state index >= 15 is 0 Å². The number of rotatable bonds is 8. The molecule has 10 rings (SSSR count). The van der Waals surface area contributed by atoms with Crippen LogP contribution >= 0.6 is 12.4 Å². The molecular weight excluding hydrogens is 980 g/mol. The Morgan fingerprint density at radius 1 is 0.408 bits per heavy atom. The molecule has 0 saturated carbocycles. The van der Waals surface area contributed by atoms with Crippen molar-refractivity contribution in [3.05, 3.63) is 262 Å². The number of benzene rings is 8. The van der Waals surface area contributed by atoms with Crippen LogP contribution in [0.4, 0.5) is 22.7 Å². The summed E-state index contributed by atoms with van der Waals surface area (Å²) in [6, 6.07) is 48.0. The van der Waals surface area contributed by atoms with E-state index in [-0.39, 0.29) is 40.9 Å². The zero-order valence-corrected chi connectivity index (χ0v) is 41.5. The largest absolute Gasteiger partial charge is 0.507 e. The van der Waals surface area contributed by atoms with Crippen molar-refractivity contribution in [1.29, 1.82) is 10.8 Å². The predicted molar refractivity (Wildman–Crippen MR) is 310 cm³/mol. The predicted octanol–water partition coefficient (Wildman–Crippen LogP) is 10.8. The van der Waals surface area contributed by atoms with Crippen LogP contribution < -0.4 is 22.9 Å². The second-order valence-electron chi connectivity index (χ2n) is 17.1. The molecule has 0 bridgehead atoms. The number of fused-ring (bicyclic) bond motifs is 2. The Balaban J connectivity index is 0.000000209. The van der Waals surface area contributed by atoms with Crippen LogP contribution in [-0.4, -0.2) is 54.7 Å². The fraction of sp³-hybridized carbons (Fsp3) is 0.0164. The number of halogens is 1. The first-order valence-electron chi connectivity index (χ1n) is 22.9. The van der Waals surface area contributed by atoms with Crippen molar-refractivity contribution in [3.8, 4) is 11.5 Å². The zero-order chi connectivity index (χ0) is 51.8. The summed E-state index contributed by atoms with van der Waals surface area (Å²) in [4.78, 5) is 23.2. The van der Waals surface area contributed by atoms with Gasteiger partial charge < -0.3 is 65.1 Å². The van der Waals surface area contributed by atoms with Gasteiger partial charge in [0.15, 0.2) is 0 Å². The lowest BCUT2D eigenvalue weighted by molar-refractivity contribution is 0.0682. The molecule has 0 heterocycles. The van der Waals surface area contributed by atoms with Gasteiger partial charge in [0.25, 0.3) is 0 Å². The fourth-order valence-electron chi connectivity index (χ4n) is 8.56. The molecule has 18 N–H and O–H groups in total. The van der Waals surface area contributed by atoms with E-state index in [9.17, 15) is 30.0 Å². The van der Waals surface area contributed by atoms with E-state index in [1.807, 2.05) is 121 Å². The summed E-state index contributed by atoms with van der Waals surface area (Å²) in [5.41, 5.74) is 35.9. The van der Waals surface area contributed by atoms with Gasteiger partial charge in [-0.15, -0.1) is 12.4 Å². The third kappa shape index (κ3) is 13.0. The van der Waals surface area contributed by atoms with Gasteiger partial charge in [-0.3, -0.25) is 0 Å². The SMILES string of the molecule is Cl.N=C1C=CC(=C(c2ccc(N)cc2)c2ccc(N)cc2)C=C1.N=C1C=CC(=C(c2ccc(N)cc2)c2ccc(N)cc2)C=C1.O.O.O=C(O)c1cc2ccccc2c(Cc2c(O)c(C(=O)O)cc3ccccc23)c1O. The highest BCUT2D eigenvalue weighted by molar-refractivity contribution is 6.06. The van der Waals surface area contributed by atoms with Crippen LogP contribution in [0.3, 0.4) is 0 Å². The summed E-state index contributed by atoms with van der Waals surface area (Å²) in [5, 5.41) is 58.1. The molecule has 2 aliphatic rings. The number of carboxylic acids is 2. The molecule has 0 spiro atoms. The molecule has 0 atom stereocenters. The van der Waals surface area contributed by atoms with Crippen molar-refractivity contribution < 1.29 is 41.0 Å². The Hall–Kier alpha value is -9.99. The molecule has 76 heavy (non-hydrogen) atoms. The number of allylic oxidation sites excluding steroid dienone is 10. The van der Waals surface area contributed by atoms with Crippen molar-refractivity contribution in [1.82, 2.24) is 0 Å². The number of carboxylic acid groups (broad SMARTS) is 2. The maximum Gasteiger partial charge on any atom is 0.339 e. The highest BCUT2D eigenvalue weighted by Gasteiger charge is 2.23. The van der Waals surface area contributed by atoms with Crippen LogP contribution in [0.25, 0.3) is 32.7 Å². The number of hydrogen-bond acceptors (Lipinski definition) is 10.